The molecule has 19 nitrogen and oxygen atoms in total. The van der Waals surface area contributed by atoms with Gasteiger partial charge in [-0.2, -0.15) is 13.2 Å². The molecule has 6 amide bonds. The predicted octanol–water partition coefficient (Wildman–Crippen LogP) is 4.55. The molecule has 22 heteroatoms. The predicted molar refractivity (Wildman–Crippen MR) is 239 cm³/mol. The number of rotatable bonds is 18. The second-order valence-electron chi connectivity index (χ2n) is 16.8. The highest BCUT2D eigenvalue weighted by molar-refractivity contribution is 6.26. The zero-order valence-electron chi connectivity index (χ0n) is 37.6. The summed E-state index contributed by atoms with van der Waals surface area (Å²) in [6.45, 7) is 4.78. The molecule has 362 valence electrons. The van der Waals surface area contributed by atoms with Gasteiger partial charge in [0.05, 0.1) is 55.0 Å². The van der Waals surface area contributed by atoms with Crippen LogP contribution < -0.4 is 20.7 Å². The SMILES string of the molecule is CC1=C(c2ccc(OCCOCc3cn(CCCCCC(=O)Nc4cccc5c4C(=O)N(C4CCC(=O)NC4=O)C5=O)nn3)nc2)CC(NC(=O)c2cccc(C(F)(F)F)c2)(N2CCOCC2)C=N1. The Bertz CT molecular complexity index is 2680. The number of amides is 6. The third kappa shape index (κ3) is 11.2. The molecule has 4 aliphatic rings. The molecule has 2 saturated heterocycles. The number of piperidine rings is 1. The highest BCUT2D eigenvalue weighted by Crippen LogP contribution is 2.36. The number of imide groups is 2. The second-order valence-corrected chi connectivity index (χ2v) is 16.8. The Morgan fingerprint density at radius 1 is 0.986 bits per heavy atom. The van der Waals surface area contributed by atoms with Crippen LogP contribution in [0.3, 0.4) is 0 Å². The Labute approximate surface area is 393 Å². The van der Waals surface area contributed by atoms with Crippen LogP contribution in [0.2, 0.25) is 0 Å². The minimum atomic E-state index is -4.60. The number of benzene rings is 2. The van der Waals surface area contributed by atoms with Crippen molar-refractivity contribution in [2.75, 3.05) is 44.8 Å². The Hall–Kier alpha value is -7.17. The van der Waals surface area contributed by atoms with E-state index >= 15 is 0 Å². The van der Waals surface area contributed by atoms with E-state index in [0.29, 0.717) is 69.4 Å². The van der Waals surface area contributed by atoms with Gasteiger partial charge >= 0.3 is 6.18 Å². The van der Waals surface area contributed by atoms with Crippen molar-refractivity contribution in [1.29, 1.82) is 0 Å². The number of hydrogen-bond acceptors (Lipinski definition) is 14. The fraction of sp³-hybridized carbons (Fsp3) is 0.404. The van der Waals surface area contributed by atoms with Gasteiger partial charge in [0, 0.05) is 68.6 Å². The number of allylic oxidation sites excluding steroid dienone is 1. The maximum absolute atomic E-state index is 13.5. The van der Waals surface area contributed by atoms with Gasteiger partial charge in [0.25, 0.3) is 17.7 Å². The van der Waals surface area contributed by atoms with Crippen molar-refractivity contribution in [1.82, 2.24) is 40.4 Å². The molecule has 69 heavy (non-hydrogen) atoms. The van der Waals surface area contributed by atoms with E-state index in [1.165, 1.54) is 24.3 Å². The van der Waals surface area contributed by atoms with Crippen LogP contribution in [0.15, 0.2) is 77.7 Å². The summed E-state index contributed by atoms with van der Waals surface area (Å²) in [5.74, 6) is -3.17. The van der Waals surface area contributed by atoms with Gasteiger partial charge in [-0.1, -0.05) is 23.8 Å². The zero-order valence-corrected chi connectivity index (χ0v) is 37.6. The number of ether oxygens (including phenoxy) is 3. The number of alkyl halides is 3. The molecule has 6 heterocycles. The first-order valence-electron chi connectivity index (χ1n) is 22.5. The number of hydrogen-bond donors (Lipinski definition) is 3. The van der Waals surface area contributed by atoms with Crippen molar-refractivity contribution >= 4 is 52.9 Å². The molecular weight excluding hydrogens is 906 g/mol. The Kier molecular flexibility index (Phi) is 14.7. The Morgan fingerprint density at radius 3 is 2.57 bits per heavy atom. The number of aliphatic imine (C=N–C) groups is 1. The van der Waals surface area contributed by atoms with Gasteiger partial charge in [0.2, 0.25) is 23.6 Å². The first-order chi connectivity index (χ1) is 33.2. The van der Waals surface area contributed by atoms with Gasteiger partial charge < -0.3 is 24.8 Å². The van der Waals surface area contributed by atoms with Crippen molar-refractivity contribution in [2.24, 2.45) is 4.99 Å². The standard InChI is InChI=1S/C47H49F3N10O9/c1-29-35(24-46(28-52-29,58-17-19-67-20-18-58)55-42(63)30-7-5-8-32(23-30)47(48,49)50)31-12-15-40(51-25-31)69-22-21-68-27-33-26-59(57-56-33)16-4-2-3-11-38(61)53-36-10-6-9-34-41(36)45(66)60(44(34)65)37-13-14-39(62)54-43(37)64/h5-10,12,15,23,25-26,28,37H,2-4,11,13-14,16-22,24,27H2,1H3,(H,53,61)(H,55,63)(H,54,62,64). The van der Waals surface area contributed by atoms with Crippen molar-refractivity contribution in [2.45, 2.75) is 82.9 Å². The van der Waals surface area contributed by atoms with Crippen LogP contribution in [0, 0.1) is 0 Å². The van der Waals surface area contributed by atoms with Crippen LogP contribution in [0.1, 0.15) is 99.8 Å². The van der Waals surface area contributed by atoms with E-state index in [1.54, 1.807) is 35.4 Å². The third-order valence-corrected chi connectivity index (χ3v) is 12.1. The number of nitrogens with zero attached hydrogens (tertiary/aromatic N) is 7. The van der Waals surface area contributed by atoms with Gasteiger partial charge in [-0.15, -0.1) is 5.10 Å². The van der Waals surface area contributed by atoms with Gasteiger partial charge in [0.1, 0.15) is 24.0 Å². The van der Waals surface area contributed by atoms with Crippen LogP contribution in [-0.4, -0.2) is 123 Å². The summed E-state index contributed by atoms with van der Waals surface area (Å²) >= 11 is 0. The molecule has 0 spiro atoms. The maximum atomic E-state index is 13.5. The van der Waals surface area contributed by atoms with E-state index in [9.17, 15) is 41.9 Å². The number of nitrogens with one attached hydrogen (secondary N) is 3. The molecule has 2 atom stereocenters. The lowest BCUT2D eigenvalue weighted by atomic mass is 9.90. The summed E-state index contributed by atoms with van der Waals surface area (Å²) in [4.78, 5) is 88.8. The number of carbonyl (C=O) groups excluding carboxylic acids is 6. The van der Waals surface area contributed by atoms with E-state index in [2.05, 4.69) is 36.2 Å². The average molecular weight is 955 g/mol. The lowest BCUT2D eigenvalue weighted by molar-refractivity contribution is -0.138. The number of carbonyl (C=O) groups is 6. The highest BCUT2D eigenvalue weighted by Gasteiger charge is 2.46. The van der Waals surface area contributed by atoms with E-state index in [-0.39, 0.29) is 73.8 Å². The van der Waals surface area contributed by atoms with E-state index in [0.717, 1.165) is 28.2 Å². The van der Waals surface area contributed by atoms with Crippen molar-refractivity contribution in [3.63, 3.8) is 0 Å². The van der Waals surface area contributed by atoms with Crippen LogP contribution in [0.5, 0.6) is 5.88 Å². The Morgan fingerprint density at radius 2 is 1.80 bits per heavy atom. The van der Waals surface area contributed by atoms with Gasteiger partial charge in [-0.05, 0) is 73.7 Å². The van der Waals surface area contributed by atoms with Crippen LogP contribution >= 0.6 is 0 Å². The molecule has 0 saturated carbocycles. The van der Waals surface area contributed by atoms with Gasteiger partial charge in [0.15, 0.2) is 0 Å². The van der Waals surface area contributed by atoms with Crippen molar-refractivity contribution < 1.29 is 56.1 Å². The smallest absolute Gasteiger partial charge is 0.416 e. The highest BCUT2D eigenvalue weighted by atomic mass is 19.4. The number of anilines is 1. The number of aromatic nitrogens is 4. The summed E-state index contributed by atoms with van der Waals surface area (Å²) < 4.78 is 59.2. The van der Waals surface area contributed by atoms with Crippen LogP contribution in [0.4, 0.5) is 18.9 Å². The monoisotopic (exact) mass is 954 g/mol. The molecule has 2 unspecified atom stereocenters. The lowest BCUT2D eigenvalue weighted by Crippen LogP contribution is -2.65. The molecular formula is C47H49F3N10O9. The number of halogens is 3. The Balaban J connectivity index is 0.750. The van der Waals surface area contributed by atoms with Crippen LogP contribution in [-0.2, 0) is 43.2 Å². The fourth-order valence-electron chi connectivity index (χ4n) is 8.56. The number of fused-ring (bicyclic) bond motifs is 1. The van der Waals surface area contributed by atoms with Gasteiger partial charge in [-0.3, -0.25) is 53.6 Å². The summed E-state index contributed by atoms with van der Waals surface area (Å²) in [6, 6.07) is 11.3. The molecule has 8 rings (SSSR count). The first kappa shape index (κ1) is 48.3. The van der Waals surface area contributed by atoms with Crippen molar-refractivity contribution in [3.8, 4) is 5.88 Å². The maximum Gasteiger partial charge on any atom is 0.416 e. The van der Waals surface area contributed by atoms with E-state index in [1.807, 2.05) is 17.9 Å². The molecule has 0 bridgehead atoms. The largest absolute Gasteiger partial charge is 0.475 e. The number of morpholine rings is 1. The zero-order chi connectivity index (χ0) is 48.7. The van der Waals surface area contributed by atoms with E-state index in [4.69, 9.17) is 14.2 Å². The fourth-order valence-corrected chi connectivity index (χ4v) is 8.56. The minimum absolute atomic E-state index is 0.00276. The normalized spacial score (nSPS) is 19.7. The molecule has 3 N–H and O–H groups in total. The third-order valence-electron chi connectivity index (χ3n) is 12.1. The average Bonchev–Trinajstić information content (AvgIpc) is 3.90. The summed E-state index contributed by atoms with van der Waals surface area (Å²) in [5.41, 5.74) is 0.956. The molecule has 0 radical (unpaired) electrons. The van der Waals surface area contributed by atoms with Crippen molar-refractivity contribution in [3.05, 3.63) is 106 Å². The quantitative estimate of drug-likeness (QED) is 0.0920. The van der Waals surface area contributed by atoms with Crippen LogP contribution in [0.25, 0.3) is 5.57 Å². The molecule has 2 aromatic heterocycles. The topological polar surface area (TPSA) is 229 Å². The second kappa shape index (κ2) is 21.0. The molecule has 2 aromatic carbocycles. The summed E-state index contributed by atoms with van der Waals surface area (Å²) in [5, 5.41) is 16.2. The molecule has 4 aromatic rings. The summed E-state index contributed by atoms with van der Waals surface area (Å²) in [7, 11) is 0. The lowest BCUT2D eigenvalue weighted by Gasteiger charge is -2.45. The van der Waals surface area contributed by atoms with Gasteiger partial charge in [-0.25, -0.2) is 4.98 Å². The molecule has 2 fully saturated rings. The first-order valence-corrected chi connectivity index (χ1v) is 22.5. The van der Waals surface area contributed by atoms with E-state index < -0.39 is 53.0 Å². The number of aryl methyl sites for hydroxylation is 1. The minimum Gasteiger partial charge on any atom is -0.475 e. The molecule has 0 aliphatic carbocycles. The number of pyridine rings is 1. The number of unbranched alkanes of at least 4 members (excludes halogenated alkanes) is 2. The summed E-state index contributed by atoms with van der Waals surface area (Å²) in [6.07, 6.45) is 2.89. The molecule has 4 aliphatic heterocycles.